The molecule has 0 radical (unpaired) electrons. The van der Waals surface area contributed by atoms with Crippen molar-refractivity contribution in [3.63, 3.8) is 0 Å². The maximum absolute atomic E-state index is 5.92. The van der Waals surface area contributed by atoms with Gasteiger partial charge in [-0.2, -0.15) is 0 Å². The van der Waals surface area contributed by atoms with Gasteiger partial charge in [0, 0.05) is 7.11 Å². The van der Waals surface area contributed by atoms with E-state index in [0.29, 0.717) is 5.92 Å². The predicted octanol–water partition coefficient (Wildman–Crippen LogP) is 1.03. The Bertz CT molecular complexity index is 148. The van der Waals surface area contributed by atoms with Gasteiger partial charge in [0.15, 0.2) is 0 Å². The van der Waals surface area contributed by atoms with Gasteiger partial charge < -0.3 is 21.0 Å². The summed E-state index contributed by atoms with van der Waals surface area (Å²) in [6, 6.07) is 0.851. The van der Waals surface area contributed by atoms with E-state index in [0.717, 1.165) is 25.4 Å². The van der Waals surface area contributed by atoms with Gasteiger partial charge in [0.1, 0.15) is 0 Å². The van der Waals surface area contributed by atoms with Gasteiger partial charge >= 0.3 is 8.64 Å². The molecule has 0 amide bonds. The molecule has 4 nitrogen and oxygen atoms in total. The Kier molecular flexibility index (Phi) is 8.27. The molecule has 0 aromatic carbocycles. The highest BCUT2D eigenvalue weighted by Crippen LogP contribution is 2.21. The maximum atomic E-state index is 5.92. The minimum absolute atomic E-state index is 0.593. The van der Waals surface area contributed by atoms with Gasteiger partial charge in [-0.15, -0.1) is 0 Å². The van der Waals surface area contributed by atoms with E-state index in [1.54, 1.807) is 7.11 Å². The number of hydrogen-bond donors (Lipinski definition) is 3. The Hall–Kier alpha value is 0.0569. The molecular formula is C10H27N3OSi. The zero-order valence-corrected chi connectivity index (χ0v) is 11.2. The second kappa shape index (κ2) is 8.24. The Labute approximate surface area is 94.8 Å². The van der Waals surface area contributed by atoms with Crippen LogP contribution in [0.4, 0.5) is 0 Å². The van der Waals surface area contributed by atoms with Gasteiger partial charge in [-0.3, -0.25) is 0 Å². The van der Waals surface area contributed by atoms with Crippen LogP contribution in [0.25, 0.3) is 0 Å². The van der Waals surface area contributed by atoms with Gasteiger partial charge in [0.05, 0.1) is 0 Å². The first kappa shape index (κ1) is 15.1. The Balaban J connectivity index is 3.98. The largest absolute Gasteiger partial charge is 0.395 e. The second-order valence-corrected chi connectivity index (χ2v) is 7.03. The van der Waals surface area contributed by atoms with E-state index >= 15 is 0 Å². The van der Waals surface area contributed by atoms with Crippen LogP contribution >= 0.6 is 0 Å². The lowest BCUT2D eigenvalue weighted by atomic mass is 9.99. The summed E-state index contributed by atoms with van der Waals surface area (Å²) in [6.45, 7) is 2.95. The molecule has 6 N–H and O–H groups in total. The minimum atomic E-state index is -2.38. The van der Waals surface area contributed by atoms with Gasteiger partial charge in [0.25, 0.3) is 0 Å². The SMILES string of the molecule is CCCCC(CCCN)C[Si](N)(N)OC. The summed E-state index contributed by atoms with van der Waals surface area (Å²) >= 11 is 0. The van der Waals surface area contributed by atoms with Crippen LogP contribution in [-0.4, -0.2) is 22.3 Å². The molecule has 1 atom stereocenters. The van der Waals surface area contributed by atoms with E-state index in [4.69, 9.17) is 21.0 Å². The van der Waals surface area contributed by atoms with Crippen molar-refractivity contribution in [1.82, 2.24) is 0 Å². The average Bonchev–Trinajstić information content (AvgIpc) is 2.22. The molecule has 0 aromatic rings. The van der Waals surface area contributed by atoms with Crippen LogP contribution in [0.1, 0.15) is 39.0 Å². The summed E-state index contributed by atoms with van der Waals surface area (Å²) in [5.74, 6) is 0.593. The fourth-order valence-corrected chi connectivity index (χ4v) is 3.26. The van der Waals surface area contributed by atoms with Crippen molar-refractivity contribution in [3.8, 4) is 0 Å². The highest BCUT2D eigenvalue weighted by atomic mass is 28.4. The molecule has 92 valence electrons. The minimum Gasteiger partial charge on any atom is -0.395 e. The first-order chi connectivity index (χ1) is 7.05. The number of rotatable bonds is 9. The molecule has 15 heavy (non-hydrogen) atoms. The first-order valence-electron chi connectivity index (χ1n) is 5.88. The Morgan fingerprint density at radius 1 is 1.20 bits per heavy atom. The maximum Gasteiger partial charge on any atom is 0.346 e. The van der Waals surface area contributed by atoms with E-state index in [-0.39, 0.29) is 0 Å². The summed E-state index contributed by atoms with van der Waals surface area (Å²) in [4.78, 5) is 0. The third-order valence-corrected chi connectivity index (χ3v) is 4.75. The molecule has 0 rings (SSSR count). The number of nitrogens with two attached hydrogens (primary N) is 3. The molecule has 0 saturated carbocycles. The molecule has 0 fully saturated rings. The fourth-order valence-electron chi connectivity index (χ4n) is 1.78. The zero-order valence-electron chi connectivity index (χ0n) is 10.2. The molecule has 0 heterocycles. The normalized spacial score (nSPS) is 14.2. The van der Waals surface area contributed by atoms with Gasteiger partial charge in [0.2, 0.25) is 0 Å². The summed E-state index contributed by atoms with van der Waals surface area (Å²) < 4.78 is 5.19. The fraction of sp³-hybridized carbons (Fsp3) is 1.00. The predicted molar refractivity (Wildman–Crippen MR) is 67.2 cm³/mol. The van der Waals surface area contributed by atoms with Crippen LogP contribution in [0.15, 0.2) is 0 Å². The number of unbranched alkanes of at least 4 members (excludes halogenated alkanes) is 1. The Morgan fingerprint density at radius 3 is 2.27 bits per heavy atom. The molecule has 0 saturated heterocycles. The van der Waals surface area contributed by atoms with Gasteiger partial charge in [-0.05, 0) is 31.3 Å². The van der Waals surface area contributed by atoms with E-state index < -0.39 is 8.64 Å². The second-order valence-electron chi connectivity index (χ2n) is 4.30. The summed E-state index contributed by atoms with van der Waals surface area (Å²) in [5.41, 5.74) is 5.52. The van der Waals surface area contributed by atoms with Gasteiger partial charge in [-0.1, -0.05) is 26.2 Å². The van der Waals surface area contributed by atoms with Crippen molar-refractivity contribution in [1.29, 1.82) is 0 Å². The van der Waals surface area contributed by atoms with Crippen LogP contribution in [0.3, 0.4) is 0 Å². The summed E-state index contributed by atoms with van der Waals surface area (Å²) in [7, 11) is -0.764. The number of hydrogen-bond acceptors (Lipinski definition) is 4. The molecule has 0 aliphatic carbocycles. The summed E-state index contributed by atoms with van der Waals surface area (Å²) in [6.07, 6.45) is 5.84. The van der Waals surface area contributed by atoms with Crippen LogP contribution in [0, 0.1) is 5.92 Å². The van der Waals surface area contributed by atoms with Crippen molar-refractivity contribution in [2.75, 3.05) is 13.7 Å². The van der Waals surface area contributed by atoms with Crippen LogP contribution < -0.4 is 16.5 Å². The van der Waals surface area contributed by atoms with E-state index in [1.807, 2.05) is 0 Å². The van der Waals surface area contributed by atoms with Crippen molar-refractivity contribution in [2.45, 2.75) is 45.1 Å². The lowest BCUT2D eigenvalue weighted by Crippen LogP contribution is -2.58. The van der Waals surface area contributed by atoms with Crippen molar-refractivity contribution < 1.29 is 4.43 Å². The van der Waals surface area contributed by atoms with Crippen LogP contribution in [-0.2, 0) is 4.43 Å². The standard InChI is InChI=1S/C10H27N3OSi/c1-3-4-6-10(7-5-8-11)9-15(12,13)14-2/h10H,3-9,11-13H2,1-2H3. The van der Waals surface area contributed by atoms with E-state index in [9.17, 15) is 0 Å². The molecule has 0 aromatic heterocycles. The average molecular weight is 233 g/mol. The molecule has 0 bridgehead atoms. The van der Waals surface area contributed by atoms with Crippen molar-refractivity contribution in [3.05, 3.63) is 0 Å². The zero-order chi connectivity index (χ0) is 11.7. The van der Waals surface area contributed by atoms with Crippen molar-refractivity contribution >= 4 is 8.64 Å². The van der Waals surface area contributed by atoms with Crippen LogP contribution in [0.2, 0.25) is 6.04 Å². The molecule has 0 aliphatic heterocycles. The first-order valence-corrected chi connectivity index (χ1v) is 8.15. The lowest BCUT2D eigenvalue weighted by molar-refractivity contribution is 0.365. The highest BCUT2D eigenvalue weighted by molar-refractivity contribution is 6.67. The molecule has 1 unspecified atom stereocenters. The van der Waals surface area contributed by atoms with Gasteiger partial charge in [-0.25, -0.2) is 0 Å². The molecule has 5 heteroatoms. The molecular weight excluding hydrogens is 206 g/mol. The topological polar surface area (TPSA) is 87.3 Å². The summed E-state index contributed by atoms with van der Waals surface area (Å²) in [5, 5.41) is 11.8. The van der Waals surface area contributed by atoms with E-state index in [1.165, 1.54) is 19.3 Å². The third-order valence-electron chi connectivity index (χ3n) is 2.77. The van der Waals surface area contributed by atoms with Crippen LogP contribution in [0.5, 0.6) is 0 Å². The monoisotopic (exact) mass is 233 g/mol. The smallest absolute Gasteiger partial charge is 0.346 e. The quantitative estimate of drug-likeness (QED) is 0.519. The lowest BCUT2D eigenvalue weighted by Gasteiger charge is -2.25. The molecule has 0 aliphatic rings. The Morgan fingerprint density at radius 2 is 1.80 bits per heavy atom. The molecule has 0 spiro atoms. The van der Waals surface area contributed by atoms with E-state index in [2.05, 4.69) is 6.92 Å². The third kappa shape index (κ3) is 7.93. The highest BCUT2D eigenvalue weighted by Gasteiger charge is 2.28. The van der Waals surface area contributed by atoms with Crippen molar-refractivity contribution in [2.24, 2.45) is 22.5 Å².